The number of hydrogen-bond acceptors (Lipinski definition) is 3. The highest BCUT2D eigenvalue weighted by Crippen LogP contribution is 2.47. The number of methoxy groups -OCH3 is 1. The Bertz CT molecular complexity index is 449. The summed E-state index contributed by atoms with van der Waals surface area (Å²) in [4.78, 5) is 11.8. The summed E-state index contributed by atoms with van der Waals surface area (Å²) >= 11 is 0. The van der Waals surface area contributed by atoms with Crippen LogP contribution >= 0.6 is 0 Å². The summed E-state index contributed by atoms with van der Waals surface area (Å²) in [5.41, 5.74) is 1.52. The van der Waals surface area contributed by atoms with Crippen LogP contribution in [0, 0.1) is 5.41 Å². The molecule has 0 heterocycles. The smallest absolute Gasteiger partial charge is 0.311 e. The topological polar surface area (TPSA) is 46.5 Å². The third-order valence-electron chi connectivity index (χ3n) is 3.83. The Hall–Kier alpha value is -1.51. The van der Waals surface area contributed by atoms with Gasteiger partial charge in [-0.15, -0.1) is 0 Å². The van der Waals surface area contributed by atoms with Gasteiger partial charge in [0.15, 0.2) is 0 Å². The van der Waals surface area contributed by atoms with Crippen LogP contribution in [0.15, 0.2) is 18.2 Å². The lowest BCUT2D eigenvalue weighted by Gasteiger charge is -2.29. The van der Waals surface area contributed by atoms with Gasteiger partial charge in [0.25, 0.3) is 0 Å². The Morgan fingerprint density at radius 2 is 2.18 bits per heavy atom. The average molecular weight is 234 g/mol. The molecule has 1 atom stereocenters. The van der Waals surface area contributed by atoms with Crippen molar-refractivity contribution in [2.45, 2.75) is 32.6 Å². The van der Waals surface area contributed by atoms with Crippen molar-refractivity contribution in [3.63, 3.8) is 0 Å². The number of fused-ring (bicyclic) bond motifs is 1. The van der Waals surface area contributed by atoms with Crippen molar-refractivity contribution in [2.75, 3.05) is 7.11 Å². The van der Waals surface area contributed by atoms with Gasteiger partial charge < -0.3 is 9.84 Å². The van der Waals surface area contributed by atoms with Crippen molar-refractivity contribution >= 4 is 5.97 Å². The lowest BCUT2D eigenvalue weighted by molar-refractivity contribution is -0.152. The number of hydrogen-bond donors (Lipinski definition) is 1. The first-order valence-electron chi connectivity index (χ1n) is 5.87. The summed E-state index contributed by atoms with van der Waals surface area (Å²) in [5, 5.41) is 9.79. The maximum absolute atomic E-state index is 11.8. The van der Waals surface area contributed by atoms with Crippen LogP contribution in [0.2, 0.25) is 0 Å². The number of phenolic OH excluding ortho intramolecular Hbond substituents is 1. The van der Waals surface area contributed by atoms with Crippen molar-refractivity contribution in [1.29, 1.82) is 0 Å². The van der Waals surface area contributed by atoms with Gasteiger partial charge in [-0.25, -0.2) is 0 Å². The molecule has 1 aliphatic carbocycles. The molecule has 92 valence electrons. The molecule has 1 aromatic rings. The van der Waals surface area contributed by atoms with E-state index in [1.54, 1.807) is 6.07 Å². The molecule has 0 amide bonds. The first-order valence-corrected chi connectivity index (χ1v) is 5.87. The first-order chi connectivity index (χ1) is 7.98. The average Bonchev–Trinajstić information content (AvgIpc) is 2.73. The number of carbonyl (C=O) groups excluding carboxylic acids is 1. The molecular weight excluding hydrogens is 216 g/mol. The predicted molar refractivity (Wildman–Crippen MR) is 65.0 cm³/mol. The first kappa shape index (κ1) is 12.0. The normalized spacial score (nSPS) is 18.9. The van der Waals surface area contributed by atoms with E-state index >= 15 is 0 Å². The third-order valence-corrected chi connectivity index (χ3v) is 3.83. The van der Waals surface area contributed by atoms with E-state index in [0.29, 0.717) is 5.75 Å². The zero-order valence-corrected chi connectivity index (χ0v) is 10.5. The summed E-state index contributed by atoms with van der Waals surface area (Å²) in [6.07, 6.45) is 1.71. The lowest BCUT2D eigenvalue weighted by atomic mass is 9.75. The van der Waals surface area contributed by atoms with E-state index in [1.807, 2.05) is 26.0 Å². The Morgan fingerprint density at radius 3 is 2.82 bits per heavy atom. The molecule has 0 spiro atoms. The van der Waals surface area contributed by atoms with E-state index in [4.69, 9.17) is 4.74 Å². The zero-order valence-electron chi connectivity index (χ0n) is 10.5. The number of aromatic hydroxyl groups is 1. The van der Waals surface area contributed by atoms with Crippen LogP contribution in [0.1, 0.15) is 37.3 Å². The SMILES string of the molecule is COC(=O)C(C)(C)C1CCc2c(O)cccc21. The molecule has 0 bridgehead atoms. The van der Waals surface area contributed by atoms with Gasteiger partial charge in [-0.2, -0.15) is 0 Å². The quantitative estimate of drug-likeness (QED) is 0.800. The van der Waals surface area contributed by atoms with Crippen LogP contribution in [0.4, 0.5) is 0 Å². The minimum atomic E-state index is -0.548. The minimum Gasteiger partial charge on any atom is -0.508 e. The molecule has 1 N–H and O–H groups in total. The lowest BCUT2D eigenvalue weighted by Crippen LogP contribution is -2.31. The Labute approximate surface area is 101 Å². The van der Waals surface area contributed by atoms with Crippen LogP contribution in [0.5, 0.6) is 5.75 Å². The Morgan fingerprint density at radius 1 is 1.47 bits per heavy atom. The van der Waals surface area contributed by atoms with Gasteiger partial charge >= 0.3 is 5.97 Å². The highest BCUT2D eigenvalue weighted by Gasteiger charge is 2.42. The summed E-state index contributed by atoms with van der Waals surface area (Å²) in [5.74, 6) is 0.265. The second-order valence-electron chi connectivity index (χ2n) is 5.15. The molecule has 1 aliphatic rings. The summed E-state index contributed by atoms with van der Waals surface area (Å²) < 4.78 is 4.87. The van der Waals surface area contributed by atoms with Crippen LogP contribution in [0.25, 0.3) is 0 Å². The van der Waals surface area contributed by atoms with Crippen molar-refractivity contribution in [3.8, 4) is 5.75 Å². The van der Waals surface area contributed by atoms with Gasteiger partial charge in [-0.3, -0.25) is 4.79 Å². The van der Waals surface area contributed by atoms with Crippen molar-refractivity contribution in [2.24, 2.45) is 5.41 Å². The van der Waals surface area contributed by atoms with Gasteiger partial charge in [0.1, 0.15) is 5.75 Å². The van der Waals surface area contributed by atoms with E-state index in [1.165, 1.54) is 7.11 Å². The maximum Gasteiger partial charge on any atom is 0.311 e. The van der Waals surface area contributed by atoms with Crippen molar-refractivity contribution in [3.05, 3.63) is 29.3 Å². The van der Waals surface area contributed by atoms with Gasteiger partial charge in [0, 0.05) is 5.92 Å². The highest BCUT2D eigenvalue weighted by molar-refractivity contribution is 5.77. The Kier molecular flexibility index (Phi) is 2.86. The summed E-state index contributed by atoms with van der Waals surface area (Å²) in [7, 11) is 1.42. The standard InChI is InChI=1S/C14H18O3/c1-14(2,13(16)17-3)11-8-7-10-9(11)5-4-6-12(10)15/h4-6,11,15H,7-8H2,1-3H3. The molecule has 3 heteroatoms. The summed E-state index contributed by atoms with van der Waals surface area (Å²) in [6, 6.07) is 5.53. The van der Waals surface area contributed by atoms with Gasteiger partial charge in [0.05, 0.1) is 12.5 Å². The molecule has 0 aromatic heterocycles. The maximum atomic E-state index is 11.8. The largest absolute Gasteiger partial charge is 0.508 e. The Balaban J connectivity index is 2.40. The predicted octanol–water partition coefficient (Wildman–Crippen LogP) is 2.62. The number of phenols is 1. The number of ether oxygens (including phenoxy) is 1. The van der Waals surface area contributed by atoms with Crippen molar-refractivity contribution < 1.29 is 14.6 Å². The molecular formula is C14H18O3. The molecule has 0 fully saturated rings. The molecule has 1 unspecified atom stereocenters. The van der Waals surface area contributed by atoms with Crippen LogP contribution in [-0.4, -0.2) is 18.2 Å². The zero-order chi connectivity index (χ0) is 12.6. The fourth-order valence-electron chi connectivity index (χ4n) is 2.79. The molecule has 17 heavy (non-hydrogen) atoms. The molecule has 0 radical (unpaired) electrons. The fourth-order valence-corrected chi connectivity index (χ4v) is 2.79. The van der Waals surface area contributed by atoms with E-state index in [-0.39, 0.29) is 11.9 Å². The van der Waals surface area contributed by atoms with Crippen molar-refractivity contribution in [1.82, 2.24) is 0 Å². The number of rotatable bonds is 2. The van der Waals surface area contributed by atoms with E-state index in [0.717, 1.165) is 24.0 Å². The number of esters is 1. The van der Waals surface area contributed by atoms with Gasteiger partial charge in [-0.05, 0) is 43.9 Å². The molecule has 2 rings (SSSR count). The van der Waals surface area contributed by atoms with Crippen LogP contribution in [-0.2, 0) is 16.0 Å². The third kappa shape index (κ3) is 1.79. The van der Waals surface area contributed by atoms with Crippen LogP contribution in [0.3, 0.4) is 0 Å². The molecule has 0 aliphatic heterocycles. The number of benzene rings is 1. The second kappa shape index (κ2) is 4.06. The van der Waals surface area contributed by atoms with E-state index in [2.05, 4.69) is 0 Å². The molecule has 0 saturated heterocycles. The molecule has 0 saturated carbocycles. The van der Waals surface area contributed by atoms with Crippen LogP contribution < -0.4 is 0 Å². The van der Waals surface area contributed by atoms with Gasteiger partial charge in [0.2, 0.25) is 0 Å². The fraction of sp³-hybridized carbons (Fsp3) is 0.500. The van der Waals surface area contributed by atoms with Gasteiger partial charge in [-0.1, -0.05) is 12.1 Å². The number of carbonyl (C=O) groups is 1. The summed E-state index contributed by atoms with van der Waals surface area (Å²) in [6.45, 7) is 3.81. The van der Waals surface area contributed by atoms with E-state index in [9.17, 15) is 9.90 Å². The monoisotopic (exact) mass is 234 g/mol. The molecule has 3 nitrogen and oxygen atoms in total. The van der Waals surface area contributed by atoms with E-state index < -0.39 is 5.41 Å². The second-order valence-corrected chi connectivity index (χ2v) is 5.15. The molecule has 1 aromatic carbocycles. The minimum absolute atomic E-state index is 0.122. The highest BCUT2D eigenvalue weighted by atomic mass is 16.5.